The molecule has 1 heterocycles. The van der Waals surface area contributed by atoms with E-state index in [-0.39, 0.29) is 0 Å². The summed E-state index contributed by atoms with van der Waals surface area (Å²) in [6, 6.07) is 8.56. The third-order valence-corrected chi connectivity index (χ3v) is 5.62. The summed E-state index contributed by atoms with van der Waals surface area (Å²) in [5, 5.41) is 11.4. The fourth-order valence-corrected chi connectivity index (χ4v) is 4.28. The van der Waals surface area contributed by atoms with Crippen LogP contribution in [0.1, 0.15) is 49.7 Å². The highest BCUT2D eigenvalue weighted by Crippen LogP contribution is 2.46. The third-order valence-electron chi connectivity index (χ3n) is 4.24. The quantitative estimate of drug-likeness (QED) is 0.862. The SMILES string of the molecule is CC1CC(O)(c2ccccc2C2CCC2)CS1. The summed E-state index contributed by atoms with van der Waals surface area (Å²) < 4.78 is 0. The minimum Gasteiger partial charge on any atom is -0.384 e. The van der Waals surface area contributed by atoms with Gasteiger partial charge >= 0.3 is 0 Å². The van der Waals surface area contributed by atoms with Gasteiger partial charge in [0.05, 0.1) is 5.60 Å². The van der Waals surface area contributed by atoms with Gasteiger partial charge in [0.1, 0.15) is 0 Å². The number of thioether (sulfide) groups is 1. The molecule has 2 fully saturated rings. The van der Waals surface area contributed by atoms with E-state index < -0.39 is 5.60 Å². The fourth-order valence-electron chi connectivity index (χ4n) is 3.06. The Morgan fingerprint density at radius 2 is 2.06 bits per heavy atom. The van der Waals surface area contributed by atoms with Crippen LogP contribution in [0.5, 0.6) is 0 Å². The standard InChI is InChI=1S/C15H20OS/c1-11-9-15(16,10-17-11)14-8-3-2-7-13(14)12-5-4-6-12/h2-3,7-8,11-12,16H,4-6,9-10H2,1H3. The first-order valence-corrected chi connectivity index (χ1v) is 7.67. The van der Waals surface area contributed by atoms with Gasteiger partial charge in [-0.15, -0.1) is 0 Å². The van der Waals surface area contributed by atoms with Crippen molar-refractivity contribution in [2.75, 3.05) is 5.75 Å². The van der Waals surface area contributed by atoms with E-state index in [4.69, 9.17) is 0 Å². The highest BCUT2D eigenvalue weighted by molar-refractivity contribution is 8.00. The monoisotopic (exact) mass is 248 g/mol. The van der Waals surface area contributed by atoms with Crippen molar-refractivity contribution in [3.63, 3.8) is 0 Å². The second kappa shape index (κ2) is 4.33. The van der Waals surface area contributed by atoms with Crippen molar-refractivity contribution >= 4 is 11.8 Å². The summed E-state index contributed by atoms with van der Waals surface area (Å²) >= 11 is 1.90. The van der Waals surface area contributed by atoms with Crippen molar-refractivity contribution in [2.45, 2.75) is 49.4 Å². The Kier molecular flexibility index (Phi) is 2.95. The van der Waals surface area contributed by atoms with E-state index in [0.29, 0.717) is 11.2 Å². The maximum absolute atomic E-state index is 10.9. The average Bonchev–Trinajstić information content (AvgIpc) is 2.58. The van der Waals surface area contributed by atoms with Crippen molar-refractivity contribution < 1.29 is 5.11 Å². The molecule has 17 heavy (non-hydrogen) atoms. The molecule has 0 aromatic heterocycles. The molecule has 1 saturated heterocycles. The van der Waals surface area contributed by atoms with Crippen LogP contribution in [0.4, 0.5) is 0 Å². The van der Waals surface area contributed by atoms with Crippen LogP contribution in [0, 0.1) is 0 Å². The molecule has 1 saturated carbocycles. The van der Waals surface area contributed by atoms with Crippen LogP contribution in [0.15, 0.2) is 24.3 Å². The maximum atomic E-state index is 10.9. The van der Waals surface area contributed by atoms with E-state index >= 15 is 0 Å². The summed E-state index contributed by atoms with van der Waals surface area (Å²) in [5.74, 6) is 1.56. The van der Waals surface area contributed by atoms with Gasteiger partial charge in [0.25, 0.3) is 0 Å². The van der Waals surface area contributed by atoms with Crippen LogP contribution in [0.2, 0.25) is 0 Å². The van der Waals surface area contributed by atoms with Gasteiger partial charge in [0, 0.05) is 11.0 Å². The number of rotatable bonds is 2. The van der Waals surface area contributed by atoms with Gasteiger partial charge in [-0.05, 0) is 36.3 Å². The maximum Gasteiger partial charge on any atom is 0.0999 e. The Morgan fingerprint density at radius 1 is 1.29 bits per heavy atom. The van der Waals surface area contributed by atoms with Gasteiger partial charge < -0.3 is 5.11 Å². The second-order valence-corrected chi connectivity index (χ2v) is 7.00. The predicted molar refractivity (Wildman–Crippen MR) is 73.5 cm³/mol. The van der Waals surface area contributed by atoms with Crippen molar-refractivity contribution in [2.24, 2.45) is 0 Å². The van der Waals surface area contributed by atoms with Crippen LogP contribution in [-0.2, 0) is 5.60 Å². The van der Waals surface area contributed by atoms with Crippen LogP contribution in [-0.4, -0.2) is 16.1 Å². The van der Waals surface area contributed by atoms with Crippen LogP contribution in [0.25, 0.3) is 0 Å². The number of aliphatic hydroxyl groups is 1. The number of benzene rings is 1. The smallest absolute Gasteiger partial charge is 0.0999 e. The molecule has 1 aromatic carbocycles. The molecule has 0 radical (unpaired) electrons. The Morgan fingerprint density at radius 3 is 2.65 bits per heavy atom. The number of hydrogen-bond donors (Lipinski definition) is 1. The van der Waals surface area contributed by atoms with Crippen molar-refractivity contribution in [1.29, 1.82) is 0 Å². The molecule has 2 aliphatic rings. The van der Waals surface area contributed by atoms with Gasteiger partial charge in [-0.3, -0.25) is 0 Å². The molecule has 2 heteroatoms. The zero-order valence-electron chi connectivity index (χ0n) is 10.4. The van der Waals surface area contributed by atoms with Crippen molar-refractivity contribution in [3.05, 3.63) is 35.4 Å². The van der Waals surface area contributed by atoms with E-state index in [1.807, 2.05) is 11.8 Å². The molecule has 1 nitrogen and oxygen atoms in total. The van der Waals surface area contributed by atoms with Crippen LogP contribution < -0.4 is 0 Å². The predicted octanol–water partition coefficient (Wildman–Crippen LogP) is 3.67. The minimum atomic E-state index is -0.573. The summed E-state index contributed by atoms with van der Waals surface area (Å²) in [5.41, 5.74) is 2.05. The normalized spacial score (nSPS) is 33.6. The zero-order valence-corrected chi connectivity index (χ0v) is 11.2. The lowest BCUT2D eigenvalue weighted by atomic mass is 9.75. The molecule has 0 amide bonds. The van der Waals surface area contributed by atoms with E-state index in [0.717, 1.165) is 12.2 Å². The van der Waals surface area contributed by atoms with E-state index in [9.17, 15) is 5.11 Å². The minimum absolute atomic E-state index is 0.573. The average molecular weight is 248 g/mol. The lowest BCUT2D eigenvalue weighted by Gasteiger charge is -2.32. The Labute approximate surface area is 108 Å². The lowest BCUT2D eigenvalue weighted by molar-refractivity contribution is 0.0594. The van der Waals surface area contributed by atoms with Crippen molar-refractivity contribution in [1.82, 2.24) is 0 Å². The fraction of sp³-hybridized carbons (Fsp3) is 0.600. The van der Waals surface area contributed by atoms with Crippen LogP contribution in [0.3, 0.4) is 0 Å². The molecule has 0 spiro atoms. The van der Waals surface area contributed by atoms with Crippen molar-refractivity contribution in [3.8, 4) is 0 Å². The molecule has 0 bridgehead atoms. The van der Waals surface area contributed by atoms with Crippen LogP contribution >= 0.6 is 11.8 Å². The Bertz CT molecular complexity index is 413. The molecule has 2 unspecified atom stereocenters. The van der Waals surface area contributed by atoms with Gasteiger partial charge in [-0.2, -0.15) is 11.8 Å². The highest BCUT2D eigenvalue weighted by Gasteiger charge is 2.40. The zero-order chi connectivity index (χ0) is 11.9. The topological polar surface area (TPSA) is 20.2 Å². The molecule has 1 N–H and O–H groups in total. The molecule has 1 aromatic rings. The highest BCUT2D eigenvalue weighted by atomic mass is 32.2. The van der Waals surface area contributed by atoms with Gasteiger partial charge in [0.2, 0.25) is 0 Å². The summed E-state index contributed by atoms with van der Waals surface area (Å²) in [6.45, 7) is 2.22. The van der Waals surface area contributed by atoms with Gasteiger partial charge in [-0.25, -0.2) is 0 Å². The van der Waals surface area contributed by atoms with E-state index in [1.165, 1.54) is 30.4 Å². The second-order valence-electron chi connectivity index (χ2n) is 5.57. The molecule has 1 aliphatic carbocycles. The molecular formula is C15H20OS. The van der Waals surface area contributed by atoms with E-state index in [2.05, 4.69) is 31.2 Å². The molecule has 3 rings (SSSR count). The first-order chi connectivity index (χ1) is 8.19. The number of hydrogen-bond acceptors (Lipinski definition) is 2. The summed E-state index contributed by atoms with van der Waals surface area (Å²) in [6.07, 6.45) is 4.86. The molecule has 2 atom stereocenters. The Balaban J connectivity index is 1.96. The Hall–Kier alpha value is -0.470. The molecular weight excluding hydrogens is 228 g/mol. The first-order valence-electron chi connectivity index (χ1n) is 6.62. The summed E-state index contributed by atoms with van der Waals surface area (Å²) in [7, 11) is 0. The third kappa shape index (κ3) is 2.02. The van der Waals surface area contributed by atoms with Gasteiger partial charge in [0.15, 0.2) is 0 Å². The first kappa shape index (κ1) is 11.6. The molecule has 92 valence electrons. The van der Waals surface area contributed by atoms with Gasteiger partial charge in [-0.1, -0.05) is 37.6 Å². The van der Waals surface area contributed by atoms with E-state index in [1.54, 1.807) is 0 Å². The summed E-state index contributed by atoms with van der Waals surface area (Å²) in [4.78, 5) is 0. The largest absolute Gasteiger partial charge is 0.384 e. The lowest BCUT2D eigenvalue weighted by Crippen LogP contribution is -2.28. The molecule has 1 aliphatic heterocycles.